The summed E-state index contributed by atoms with van der Waals surface area (Å²) in [5.74, 6) is -0.0262. The van der Waals surface area contributed by atoms with Gasteiger partial charge in [-0.2, -0.15) is 5.10 Å². The van der Waals surface area contributed by atoms with Crippen molar-refractivity contribution in [2.45, 2.75) is 26.4 Å². The summed E-state index contributed by atoms with van der Waals surface area (Å²) in [4.78, 5) is 19.2. The molecule has 0 saturated carbocycles. The van der Waals surface area contributed by atoms with E-state index in [1.807, 2.05) is 9.58 Å². The van der Waals surface area contributed by atoms with Crippen molar-refractivity contribution in [1.29, 1.82) is 0 Å². The van der Waals surface area contributed by atoms with Gasteiger partial charge in [-0.15, -0.1) is 0 Å². The Balaban J connectivity index is 1.82. The fourth-order valence-electron chi connectivity index (χ4n) is 3.11. The number of hydrogen-bond donors (Lipinski definition) is 0. The SMILES string of the molecule is CCN1CCCn2nc(C(=O)N3CCN(C)CC3)c(Cl)c2C1. The Morgan fingerprint density at radius 1 is 1.18 bits per heavy atom. The molecule has 1 fully saturated rings. The lowest BCUT2D eigenvalue weighted by Gasteiger charge is -2.32. The molecule has 0 aromatic carbocycles. The minimum absolute atomic E-state index is 0.0262. The molecule has 1 saturated heterocycles. The molecule has 1 aromatic heterocycles. The molecule has 0 aliphatic carbocycles. The molecule has 7 heteroatoms. The van der Waals surface area contributed by atoms with Crippen LogP contribution < -0.4 is 0 Å². The maximum atomic E-state index is 12.7. The van der Waals surface area contributed by atoms with Gasteiger partial charge in [-0.05, 0) is 20.0 Å². The number of likely N-dealkylation sites (N-methyl/N-ethyl adjacent to an activating group) is 1. The predicted molar refractivity (Wildman–Crippen MR) is 86.2 cm³/mol. The molecule has 6 nitrogen and oxygen atoms in total. The Labute approximate surface area is 136 Å². The minimum Gasteiger partial charge on any atom is -0.335 e. The molecule has 2 aliphatic heterocycles. The van der Waals surface area contributed by atoms with Crippen molar-refractivity contribution in [3.8, 4) is 0 Å². The van der Waals surface area contributed by atoms with E-state index < -0.39 is 0 Å². The van der Waals surface area contributed by atoms with Crippen molar-refractivity contribution < 1.29 is 4.79 Å². The van der Waals surface area contributed by atoms with Crippen molar-refractivity contribution in [1.82, 2.24) is 24.5 Å². The van der Waals surface area contributed by atoms with Crippen molar-refractivity contribution in [3.05, 3.63) is 16.4 Å². The van der Waals surface area contributed by atoms with E-state index in [4.69, 9.17) is 11.6 Å². The molecule has 0 unspecified atom stereocenters. The van der Waals surface area contributed by atoms with E-state index in [1.165, 1.54) is 0 Å². The molecule has 22 heavy (non-hydrogen) atoms. The van der Waals surface area contributed by atoms with Crippen LogP contribution in [-0.4, -0.2) is 76.7 Å². The maximum absolute atomic E-state index is 12.7. The first kappa shape index (κ1) is 15.8. The summed E-state index contributed by atoms with van der Waals surface area (Å²) in [5.41, 5.74) is 1.41. The van der Waals surface area contributed by atoms with E-state index in [2.05, 4.69) is 28.9 Å². The quantitative estimate of drug-likeness (QED) is 0.818. The normalized spacial score (nSPS) is 20.8. The number of halogens is 1. The number of nitrogens with zero attached hydrogens (tertiary/aromatic N) is 5. The summed E-state index contributed by atoms with van der Waals surface area (Å²) < 4.78 is 1.93. The van der Waals surface area contributed by atoms with Crippen LogP contribution in [0.4, 0.5) is 0 Å². The molecule has 0 bridgehead atoms. The number of rotatable bonds is 2. The van der Waals surface area contributed by atoms with Crippen LogP contribution in [0.5, 0.6) is 0 Å². The third-order valence-corrected chi connectivity index (χ3v) is 5.05. The van der Waals surface area contributed by atoms with E-state index in [0.717, 1.165) is 64.5 Å². The average Bonchev–Trinajstić information content (AvgIpc) is 2.72. The molecule has 1 amide bonds. The van der Waals surface area contributed by atoms with E-state index in [9.17, 15) is 4.79 Å². The second kappa shape index (κ2) is 6.56. The van der Waals surface area contributed by atoms with Crippen LogP contribution in [0.25, 0.3) is 0 Å². The summed E-state index contributed by atoms with van der Waals surface area (Å²) in [5, 5.41) is 5.07. The highest BCUT2D eigenvalue weighted by atomic mass is 35.5. The van der Waals surface area contributed by atoms with Gasteiger partial charge in [-0.25, -0.2) is 0 Å². The van der Waals surface area contributed by atoms with Crippen LogP contribution in [0.3, 0.4) is 0 Å². The number of amides is 1. The Morgan fingerprint density at radius 2 is 1.91 bits per heavy atom. The largest absolute Gasteiger partial charge is 0.335 e. The third-order valence-electron chi connectivity index (χ3n) is 4.65. The lowest BCUT2D eigenvalue weighted by molar-refractivity contribution is 0.0657. The highest BCUT2D eigenvalue weighted by molar-refractivity contribution is 6.34. The fraction of sp³-hybridized carbons (Fsp3) is 0.733. The second-order valence-electron chi connectivity index (χ2n) is 6.15. The number of hydrogen-bond acceptors (Lipinski definition) is 4. The van der Waals surface area contributed by atoms with Crippen molar-refractivity contribution in [2.24, 2.45) is 0 Å². The maximum Gasteiger partial charge on any atom is 0.276 e. The standard InChI is InChI=1S/C15H24ClN5O/c1-3-19-5-4-6-21-12(11-19)13(16)14(17-21)15(22)20-9-7-18(2)8-10-20/h3-11H2,1-2H3. The zero-order valence-corrected chi connectivity index (χ0v) is 14.1. The van der Waals surface area contributed by atoms with Gasteiger partial charge in [0, 0.05) is 45.8 Å². The number of fused-ring (bicyclic) bond motifs is 1. The van der Waals surface area contributed by atoms with Gasteiger partial charge in [0.2, 0.25) is 0 Å². The zero-order chi connectivity index (χ0) is 15.7. The average molecular weight is 326 g/mol. The molecule has 1 aromatic rings. The summed E-state index contributed by atoms with van der Waals surface area (Å²) in [6.07, 6.45) is 1.04. The van der Waals surface area contributed by atoms with Gasteiger partial charge in [0.25, 0.3) is 5.91 Å². The van der Waals surface area contributed by atoms with E-state index in [0.29, 0.717) is 10.7 Å². The fourth-order valence-corrected chi connectivity index (χ4v) is 3.39. The Kier molecular flexibility index (Phi) is 4.70. The van der Waals surface area contributed by atoms with Gasteiger partial charge in [0.05, 0.1) is 10.7 Å². The monoisotopic (exact) mass is 325 g/mol. The predicted octanol–water partition coefficient (Wildman–Crippen LogP) is 1.15. The van der Waals surface area contributed by atoms with Crippen LogP contribution in [0.2, 0.25) is 5.02 Å². The molecule has 122 valence electrons. The molecular formula is C15H24ClN5O. The van der Waals surface area contributed by atoms with Gasteiger partial charge in [0.1, 0.15) is 0 Å². The molecule has 0 spiro atoms. The van der Waals surface area contributed by atoms with Crippen LogP contribution in [-0.2, 0) is 13.1 Å². The number of carbonyl (C=O) groups excluding carboxylic acids is 1. The van der Waals surface area contributed by atoms with E-state index in [1.54, 1.807) is 0 Å². The first-order valence-electron chi connectivity index (χ1n) is 8.05. The molecular weight excluding hydrogens is 302 g/mol. The molecule has 0 radical (unpaired) electrons. The van der Waals surface area contributed by atoms with Crippen LogP contribution >= 0.6 is 11.6 Å². The van der Waals surface area contributed by atoms with Crippen molar-refractivity contribution >= 4 is 17.5 Å². The second-order valence-corrected chi connectivity index (χ2v) is 6.53. The number of aromatic nitrogens is 2. The van der Waals surface area contributed by atoms with Crippen molar-refractivity contribution in [2.75, 3.05) is 46.3 Å². The van der Waals surface area contributed by atoms with Crippen LogP contribution in [0.1, 0.15) is 29.5 Å². The van der Waals surface area contributed by atoms with Gasteiger partial charge in [-0.3, -0.25) is 14.4 Å². The van der Waals surface area contributed by atoms with E-state index in [-0.39, 0.29) is 5.91 Å². The summed E-state index contributed by atoms with van der Waals surface area (Å²) in [7, 11) is 2.08. The Bertz CT molecular complexity index is 550. The first-order valence-corrected chi connectivity index (χ1v) is 8.43. The van der Waals surface area contributed by atoms with Crippen LogP contribution in [0.15, 0.2) is 0 Å². The number of carbonyl (C=O) groups is 1. The number of aryl methyl sites for hydroxylation is 1. The van der Waals surface area contributed by atoms with Gasteiger partial charge < -0.3 is 9.80 Å². The molecule has 2 aliphatic rings. The lowest BCUT2D eigenvalue weighted by Crippen LogP contribution is -2.47. The topological polar surface area (TPSA) is 44.6 Å². The highest BCUT2D eigenvalue weighted by Gasteiger charge is 2.28. The Morgan fingerprint density at radius 3 is 2.59 bits per heavy atom. The molecule has 3 heterocycles. The summed E-state index contributed by atoms with van der Waals surface area (Å²) >= 11 is 6.51. The van der Waals surface area contributed by atoms with Gasteiger partial charge in [0.15, 0.2) is 5.69 Å². The lowest BCUT2D eigenvalue weighted by atomic mass is 10.2. The van der Waals surface area contributed by atoms with Crippen molar-refractivity contribution in [3.63, 3.8) is 0 Å². The van der Waals surface area contributed by atoms with Gasteiger partial charge in [-0.1, -0.05) is 18.5 Å². The molecule has 0 N–H and O–H groups in total. The molecule has 0 atom stereocenters. The number of piperazine rings is 1. The molecule has 3 rings (SSSR count). The Hall–Kier alpha value is -1.11. The summed E-state index contributed by atoms with van der Waals surface area (Å²) in [6.45, 7) is 9.10. The van der Waals surface area contributed by atoms with Gasteiger partial charge >= 0.3 is 0 Å². The first-order chi connectivity index (χ1) is 10.6. The smallest absolute Gasteiger partial charge is 0.276 e. The minimum atomic E-state index is -0.0262. The summed E-state index contributed by atoms with van der Waals surface area (Å²) in [6, 6.07) is 0. The highest BCUT2D eigenvalue weighted by Crippen LogP contribution is 2.26. The van der Waals surface area contributed by atoms with E-state index >= 15 is 0 Å². The van der Waals surface area contributed by atoms with Crippen LogP contribution in [0, 0.1) is 0 Å². The third kappa shape index (κ3) is 3.00. The zero-order valence-electron chi connectivity index (χ0n) is 13.4.